The van der Waals surface area contributed by atoms with Crippen molar-refractivity contribution < 1.29 is 9.53 Å². The van der Waals surface area contributed by atoms with E-state index in [0.29, 0.717) is 28.1 Å². The van der Waals surface area contributed by atoms with Gasteiger partial charge in [0.2, 0.25) is 5.28 Å². The highest BCUT2D eigenvalue weighted by Crippen LogP contribution is 2.25. The first kappa shape index (κ1) is 20.6. The van der Waals surface area contributed by atoms with Crippen molar-refractivity contribution in [2.75, 3.05) is 24.3 Å². The molecule has 0 aliphatic carbocycles. The molecule has 29 heavy (non-hydrogen) atoms. The number of benzene rings is 1. The Morgan fingerprint density at radius 1 is 1.24 bits per heavy atom. The van der Waals surface area contributed by atoms with E-state index in [1.54, 1.807) is 51.2 Å². The lowest BCUT2D eigenvalue weighted by molar-refractivity contribution is 0.0636. The molecule has 152 valence electrons. The summed E-state index contributed by atoms with van der Waals surface area (Å²) in [5.74, 6) is 0. The lowest BCUT2D eigenvalue weighted by Gasteiger charge is -2.20. The quantitative estimate of drug-likeness (QED) is 0.653. The smallest absolute Gasteiger partial charge is 0.412 e. The van der Waals surface area contributed by atoms with Gasteiger partial charge in [0.05, 0.1) is 16.8 Å². The number of amides is 1. The molecule has 0 saturated heterocycles. The van der Waals surface area contributed by atoms with Crippen molar-refractivity contribution in [3.8, 4) is 5.69 Å². The van der Waals surface area contributed by atoms with E-state index in [1.807, 2.05) is 19.0 Å². The van der Waals surface area contributed by atoms with E-state index in [0.717, 1.165) is 0 Å². The van der Waals surface area contributed by atoms with Crippen LogP contribution in [-0.4, -0.2) is 40.3 Å². The fourth-order valence-electron chi connectivity index (χ4n) is 2.83. The maximum absolute atomic E-state index is 12.9. The van der Waals surface area contributed by atoms with E-state index < -0.39 is 11.7 Å². The van der Waals surface area contributed by atoms with Crippen molar-refractivity contribution in [1.82, 2.24) is 14.5 Å². The number of pyridine rings is 1. The van der Waals surface area contributed by atoms with Gasteiger partial charge < -0.3 is 9.64 Å². The number of fused-ring (bicyclic) bond motifs is 1. The summed E-state index contributed by atoms with van der Waals surface area (Å²) >= 11 is 6.00. The van der Waals surface area contributed by atoms with Crippen molar-refractivity contribution in [3.05, 3.63) is 52.2 Å². The second-order valence-corrected chi connectivity index (χ2v) is 7.99. The highest BCUT2D eigenvalue weighted by Gasteiger charge is 2.17. The van der Waals surface area contributed by atoms with Crippen LogP contribution in [0.15, 0.2) is 41.3 Å². The van der Waals surface area contributed by atoms with Crippen LogP contribution < -0.4 is 15.8 Å². The second kappa shape index (κ2) is 7.71. The summed E-state index contributed by atoms with van der Waals surface area (Å²) in [6.45, 7) is 5.35. The normalized spacial score (nSPS) is 11.4. The molecule has 3 aromatic rings. The molecule has 0 unspecified atom stereocenters. The first-order valence-electron chi connectivity index (χ1n) is 8.91. The molecule has 0 radical (unpaired) electrons. The van der Waals surface area contributed by atoms with Gasteiger partial charge in [-0.25, -0.2) is 9.78 Å². The zero-order valence-electron chi connectivity index (χ0n) is 16.9. The molecule has 0 atom stereocenters. The van der Waals surface area contributed by atoms with Gasteiger partial charge in [-0.15, -0.1) is 0 Å². The third-order valence-electron chi connectivity index (χ3n) is 3.94. The van der Waals surface area contributed by atoms with Gasteiger partial charge in [-0.2, -0.15) is 4.98 Å². The number of ether oxygens (including phenoxy) is 1. The molecule has 0 bridgehead atoms. The number of hydrogen-bond donors (Lipinski definition) is 1. The van der Waals surface area contributed by atoms with Crippen LogP contribution in [0.2, 0.25) is 5.28 Å². The zero-order valence-corrected chi connectivity index (χ0v) is 17.6. The molecule has 1 aromatic carbocycles. The molecule has 8 nitrogen and oxygen atoms in total. The van der Waals surface area contributed by atoms with Gasteiger partial charge in [0.25, 0.3) is 5.56 Å². The summed E-state index contributed by atoms with van der Waals surface area (Å²) in [6, 6.07) is 8.34. The molecule has 1 N–H and O–H groups in total. The lowest BCUT2D eigenvalue weighted by Crippen LogP contribution is -2.27. The summed E-state index contributed by atoms with van der Waals surface area (Å²) < 4.78 is 6.70. The summed E-state index contributed by atoms with van der Waals surface area (Å²) in [7, 11) is 3.66. The topological polar surface area (TPSA) is 89.4 Å². The monoisotopic (exact) mass is 415 g/mol. The number of nitrogens with one attached hydrogen (secondary N) is 1. The Morgan fingerprint density at radius 2 is 1.97 bits per heavy atom. The van der Waals surface area contributed by atoms with Crippen molar-refractivity contribution >= 4 is 40.1 Å². The molecule has 9 heteroatoms. The highest BCUT2D eigenvalue weighted by atomic mass is 35.5. The predicted octanol–water partition coefficient (Wildman–Crippen LogP) is 3.85. The molecule has 2 heterocycles. The van der Waals surface area contributed by atoms with Gasteiger partial charge in [-0.3, -0.25) is 14.7 Å². The van der Waals surface area contributed by atoms with Crippen LogP contribution in [0.3, 0.4) is 0 Å². The summed E-state index contributed by atoms with van der Waals surface area (Å²) in [5, 5.41) is 3.38. The number of carbonyl (C=O) groups is 1. The summed E-state index contributed by atoms with van der Waals surface area (Å²) in [4.78, 5) is 35.1. The number of aromatic nitrogens is 3. The fraction of sp³-hybridized carbons (Fsp3) is 0.300. The Bertz CT molecular complexity index is 1140. The lowest BCUT2D eigenvalue weighted by atomic mass is 10.2. The number of carbonyl (C=O) groups excluding carboxylic acids is 1. The second-order valence-electron chi connectivity index (χ2n) is 7.65. The molecule has 0 saturated carbocycles. The van der Waals surface area contributed by atoms with Gasteiger partial charge in [-0.05, 0) is 50.6 Å². The average molecular weight is 416 g/mol. The first-order valence-corrected chi connectivity index (χ1v) is 9.29. The minimum absolute atomic E-state index is 0.0320. The number of hydrogen-bond acceptors (Lipinski definition) is 6. The van der Waals surface area contributed by atoms with Crippen LogP contribution in [-0.2, 0) is 4.74 Å². The van der Waals surface area contributed by atoms with Crippen LogP contribution in [0.1, 0.15) is 20.8 Å². The fourth-order valence-corrected chi connectivity index (χ4v) is 2.96. The van der Waals surface area contributed by atoms with Crippen LogP contribution in [0.4, 0.5) is 16.2 Å². The highest BCUT2D eigenvalue weighted by molar-refractivity contribution is 6.28. The summed E-state index contributed by atoms with van der Waals surface area (Å²) in [6.07, 6.45) is 0.999. The number of nitrogens with zero attached hydrogens (tertiary/aromatic N) is 4. The van der Waals surface area contributed by atoms with Crippen LogP contribution >= 0.6 is 11.6 Å². The largest absolute Gasteiger partial charge is 0.444 e. The Labute approximate surface area is 173 Å². The molecule has 3 rings (SSSR count). The molecule has 0 spiro atoms. The molecule has 0 aliphatic rings. The van der Waals surface area contributed by atoms with Gasteiger partial charge in [0, 0.05) is 32.0 Å². The van der Waals surface area contributed by atoms with Crippen molar-refractivity contribution in [2.24, 2.45) is 0 Å². The molecular formula is C20H22ClN5O3. The third kappa shape index (κ3) is 4.65. The van der Waals surface area contributed by atoms with E-state index in [9.17, 15) is 9.59 Å². The minimum atomic E-state index is -0.621. The standard InChI is InChI=1S/C20H22ClN5O3/c1-20(2,3)29-19(28)23-12-7-6-8-13(9-12)26-16(27)10-15(25(4)5)14-11-22-18(21)24-17(14)26/h6-11H,1-5H3,(H,23,28). The van der Waals surface area contributed by atoms with Crippen LogP contribution in [0.5, 0.6) is 0 Å². The van der Waals surface area contributed by atoms with E-state index >= 15 is 0 Å². The van der Waals surface area contributed by atoms with E-state index in [-0.39, 0.29) is 10.8 Å². The number of anilines is 2. The SMILES string of the molecule is CN(C)c1cc(=O)n(-c2cccc(NC(=O)OC(C)(C)C)c2)c2nc(Cl)ncc12. The molecule has 1 amide bonds. The molecule has 0 fully saturated rings. The first-order chi connectivity index (χ1) is 13.5. The molecule has 2 aromatic heterocycles. The predicted molar refractivity (Wildman–Crippen MR) is 114 cm³/mol. The zero-order chi connectivity index (χ0) is 21.3. The number of rotatable bonds is 3. The Balaban J connectivity index is 2.11. The van der Waals surface area contributed by atoms with Crippen molar-refractivity contribution in [2.45, 2.75) is 26.4 Å². The van der Waals surface area contributed by atoms with Gasteiger partial charge in [0.1, 0.15) is 5.60 Å². The average Bonchev–Trinajstić information content (AvgIpc) is 2.59. The maximum atomic E-state index is 12.9. The minimum Gasteiger partial charge on any atom is -0.444 e. The van der Waals surface area contributed by atoms with E-state index in [1.165, 1.54) is 10.6 Å². The van der Waals surface area contributed by atoms with Crippen molar-refractivity contribution in [1.29, 1.82) is 0 Å². The van der Waals surface area contributed by atoms with Crippen LogP contribution in [0.25, 0.3) is 16.7 Å². The van der Waals surface area contributed by atoms with E-state index in [4.69, 9.17) is 16.3 Å². The third-order valence-corrected chi connectivity index (χ3v) is 4.12. The van der Waals surface area contributed by atoms with Gasteiger partial charge >= 0.3 is 6.09 Å². The van der Waals surface area contributed by atoms with Crippen molar-refractivity contribution in [3.63, 3.8) is 0 Å². The van der Waals surface area contributed by atoms with Crippen LogP contribution in [0, 0.1) is 0 Å². The Kier molecular flexibility index (Phi) is 5.48. The Hall–Kier alpha value is -3.13. The van der Waals surface area contributed by atoms with Gasteiger partial charge in [-0.1, -0.05) is 6.07 Å². The summed E-state index contributed by atoms with van der Waals surface area (Å²) in [5.41, 5.74) is 1.15. The molecule has 0 aliphatic heterocycles. The molecular weight excluding hydrogens is 394 g/mol. The Morgan fingerprint density at radius 3 is 2.62 bits per heavy atom. The van der Waals surface area contributed by atoms with E-state index in [2.05, 4.69) is 15.3 Å². The number of halogens is 1. The maximum Gasteiger partial charge on any atom is 0.412 e. The van der Waals surface area contributed by atoms with Gasteiger partial charge in [0.15, 0.2) is 5.65 Å².